The summed E-state index contributed by atoms with van der Waals surface area (Å²) in [5.74, 6) is -2.03. The maximum atomic E-state index is 12.3. The quantitative estimate of drug-likeness (QED) is 0.309. The van der Waals surface area contributed by atoms with Crippen molar-refractivity contribution in [2.75, 3.05) is 11.9 Å². The molecule has 0 aliphatic carbocycles. The first-order valence-corrected chi connectivity index (χ1v) is 10.0. The molecule has 1 unspecified atom stereocenters. The van der Waals surface area contributed by atoms with Crippen LogP contribution in [0.1, 0.15) is 17.3 Å². The largest absolute Gasteiger partial charge is 0.451 e. The molecule has 2 N–H and O–H groups in total. The molecule has 9 heteroatoms. The fraction of sp³-hybridized carbons (Fsp3) is 0.125. The van der Waals surface area contributed by atoms with Gasteiger partial charge in [-0.3, -0.25) is 24.5 Å². The van der Waals surface area contributed by atoms with Gasteiger partial charge in [-0.05, 0) is 36.2 Å². The molecular weight excluding hydrogens is 426 g/mol. The van der Waals surface area contributed by atoms with Crippen LogP contribution in [0.15, 0.2) is 78.9 Å². The predicted octanol–water partition coefficient (Wildman–Crippen LogP) is 3.56. The van der Waals surface area contributed by atoms with Crippen LogP contribution < -0.4 is 10.6 Å². The van der Waals surface area contributed by atoms with Gasteiger partial charge < -0.3 is 15.4 Å². The van der Waals surface area contributed by atoms with Crippen molar-refractivity contribution in [3.8, 4) is 11.1 Å². The van der Waals surface area contributed by atoms with Crippen molar-refractivity contribution in [3.05, 3.63) is 94.5 Å². The Hall–Kier alpha value is -4.53. The number of amides is 2. The Morgan fingerprint density at radius 2 is 1.52 bits per heavy atom. The van der Waals surface area contributed by atoms with E-state index in [1.807, 2.05) is 30.3 Å². The summed E-state index contributed by atoms with van der Waals surface area (Å²) in [7, 11) is 0. The number of hydrogen-bond acceptors (Lipinski definition) is 6. The third-order valence-corrected chi connectivity index (χ3v) is 4.68. The lowest BCUT2D eigenvalue weighted by atomic mass is 10.0. The summed E-state index contributed by atoms with van der Waals surface area (Å²) < 4.78 is 5.01. The number of ether oxygens (including phenoxy) is 1. The number of anilines is 1. The summed E-state index contributed by atoms with van der Waals surface area (Å²) in [6, 6.07) is 22.2. The number of nitro groups is 1. The van der Waals surface area contributed by atoms with Gasteiger partial charge in [0.25, 0.3) is 17.5 Å². The van der Waals surface area contributed by atoms with E-state index < -0.39 is 35.4 Å². The van der Waals surface area contributed by atoms with Crippen LogP contribution in [0, 0.1) is 10.1 Å². The van der Waals surface area contributed by atoms with E-state index >= 15 is 0 Å². The number of hydrogen-bond donors (Lipinski definition) is 2. The molecule has 0 saturated heterocycles. The number of carbonyl (C=O) groups is 3. The van der Waals surface area contributed by atoms with Crippen LogP contribution in [0.3, 0.4) is 0 Å². The van der Waals surface area contributed by atoms with E-state index in [4.69, 9.17) is 4.74 Å². The molecular formula is C24H21N3O6. The topological polar surface area (TPSA) is 128 Å². The SMILES string of the molecule is CC(OC(=O)CNC(=O)c1ccc(-c2ccccc2)cc1)C(=O)Nc1ccccc1[N+](=O)[O-]. The van der Waals surface area contributed by atoms with Gasteiger partial charge in [0.1, 0.15) is 12.2 Å². The zero-order valence-corrected chi connectivity index (χ0v) is 17.7. The monoisotopic (exact) mass is 447 g/mol. The molecule has 0 spiro atoms. The van der Waals surface area contributed by atoms with E-state index in [0.29, 0.717) is 5.56 Å². The number of rotatable bonds is 8. The van der Waals surface area contributed by atoms with Crippen molar-refractivity contribution in [3.63, 3.8) is 0 Å². The van der Waals surface area contributed by atoms with E-state index in [9.17, 15) is 24.5 Å². The van der Waals surface area contributed by atoms with Crippen molar-refractivity contribution >= 4 is 29.2 Å². The second-order valence-corrected chi connectivity index (χ2v) is 7.02. The second kappa shape index (κ2) is 10.7. The molecule has 0 heterocycles. The standard InChI is InChI=1S/C24H21N3O6/c1-16(23(29)26-20-9-5-6-10-21(20)27(31)32)33-22(28)15-25-24(30)19-13-11-18(12-14-19)17-7-3-2-4-8-17/h2-14,16H,15H2,1H3,(H,25,30)(H,26,29). The normalized spacial score (nSPS) is 11.2. The van der Waals surface area contributed by atoms with Crippen molar-refractivity contribution in [2.24, 2.45) is 0 Å². The molecule has 0 aliphatic heterocycles. The predicted molar refractivity (Wildman–Crippen MR) is 121 cm³/mol. The zero-order valence-electron chi connectivity index (χ0n) is 17.7. The van der Waals surface area contributed by atoms with Gasteiger partial charge in [-0.2, -0.15) is 0 Å². The molecule has 0 aromatic heterocycles. The maximum absolute atomic E-state index is 12.3. The first kappa shape index (κ1) is 23.1. The summed E-state index contributed by atoms with van der Waals surface area (Å²) in [5, 5.41) is 15.8. The number of para-hydroxylation sites is 2. The summed E-state index contributed by atoms with van der Waals surface area (Å²) in [4.78, 5) is 47.0. The van der Waals surface area contributed by atoms with Gasteiger partial charge in [0.05, 0.1) is 4.92 Å². The Morgan fingerprint density at radius 1 is 0.909 bits per heavy atom. The van der Waals surface area contributed by atoms with Crippen LogP contribution in [-0.4, -0.2) is 35.4 Å². The van der Waals surface area contributed by atoms with Crippen LogP contribution in [-0.2, 0) is 14.3 Å². The van der Waals surface area contributed by atoms with Crippen LogP contribution >= 0.6 is 0 Å². The highest BCUT2D eigenvalue weighted by Gasteiger charge is 2.22. The molecule has 2 amide bonds. The average molecular weight is 447 g/mol. The number of nitro benzene ring substituents is 1. The van der Waals surface area contributed by atoms with E-state index in [1.165, 1.54) is 31.2 Å². The third kappa shape index (κ3) is 6.23. The summed E-state index contributed by atoms with van der Waals surface area (Å²) in [6.45, 7) is 0.883. The zero-order chi connectivity index (χ0) is 23.8. The summed E-state index contributed by atoms with van der Waals surface area (Å²) >= 11 is 0. The van der Waals surface area contributed by atoms with Gasteiger partial charge in [0, 0.05) is 11.6 Å². The van der Waals surface area contributed by atoms with E-state index in [1.54, 1.807) is 24.3 Å². The fourth-order valence-corrected chi connectivity index (χ4v) is 2.96. The lowest BCUT2D eigenvalue weighted by Crippen LogP contribution is -2.35. The van der Waals surface area contributed by atoms with Gasteiger partial charge in [0.15, 0.2) is 6.10 Å². The van der Waals surface area contributed by atoms with Gasteiger partial charge in [0.2, 0.25) is 0 Å². The molecule has 9 nitrogen and oxygen atoms in total. The van der Waals surface area contributed by atoms with Gasteiger partial charge in [-0.15, -0.1) is 0 Å². The Morgan fingerprint density at radius 3 is 2.18 bits per heavy atom. The van der Waals surface area contributed by atoms with Crippen LogP contribution in [0.5, 0.6) is 0 Å². The molecule has 0 bridgehead atoms. The van der Waals surface area contributed by atoms with Crippen molar-refractivity contribution in [1.82, 2.24) is 5.32 Å². The van der Waals surface area contributed by atoms with Gasteiger partial charge >= 0.3 is 5.97 Å². The van der Waals surface area contributed by atoms with Crippen LogP contribution in [0.4, 0.5) is 11.4 Å². The number of nitrogens with zero attached hydrogens (tertiary/aromatic N) is 1. The highest BCUT2D eigenvalue weighted by Crippen LogP contribution is 2.23. The van der Waals surface area contributed by atoms with Crippen molar-refractivity contribution < 1.29 is 24.0 Å². The van der Waals surface area contributed by atoms with Crippen LogP contribution in [0.2, 0.25) is 0 Å². The van der Waals surface area contributed by atoms with E-state index in [0.717, 1.165) is 11.1 Å². The number of nitrogens with one attached hydrogen (secondary N) is 2. The number of esters is 1. The highest BCUT2D eigenvalue weighted by molar-refractivity contribution is 5.98. The molecule has 0 aliphatic rings. The fourth-order valence-electron chi connectivity index (χ4n) is 2.96. The molecule has 3 aromatic carbocycles. The minimum atomic E-state index is -1.22. The van der Waals surface area contributed by atoms with Crippen LogP contribution in [0.25, 0.3) is 11.1 Å². The molecule has 0 radical (unpaired) electrons. The number of carbonyl (C=O) groups excluding carboxylic acids is 3. The Kier molecular flexibility index (Phi) is 7.48. The molecule has 0 fully saturated rings. The van der Waals surface area contributed by atoms with Crippen molar-refractivity contribution in [2.45, 2.75) is 13.0 Å². The molecule has 3 aromatic rings. The molecule has 3 rings (SSSR count). The Balaban J connectivity index is 1.50. The van der Waals surface area contributed by atoms with E-state index in [2.05, 4.69) is 10.6 Å². The maximum Gasteiger partial charge on any atom is 0.326 e. The average Bonchev–Trinajstić information content (AvgIpc) is 2.83. The van der Waals surface area contributed by atoms with E-state index in [-0.39, 0.29) is 11.4 Å². The second-order valence-electron chi connectivity index (χ2n) is 7.02. The molecule has 168 valence electrons. The highest BCUT2D eigenvalue weighted by atomic mass is 16.6. The Bertz CT molecular complexity index is 1160. The molecule has 33 heavy (non-hydrogen) atoms. The molecule has 0 saturated carbocycles. The lowest BCUT2D eigenvalue weighted by molar-refractivity contribution is -0.383. The van der Waals surface area contributed by atoms with Gasteiger partial charge in [-0.1, -0.05) is 54.6 Å². The third-order valence-electron chi connectivity index (χ3n) is 4.68. The van der Waals surface area contributed by atoms with Gasteiger partial charge in [-0.25, -0.2) is 0 Å². The minimum absolute atomic E-state index is 0.0114. The Labute approximate surface area is 189 Å². The summed E-state index contributed by atoms with van der Waals surface area (Å²) in [6.07, 6.45) is -1.22. The minimum Gasteiger partial charge on any atom is -0.451 e. The van der Waals surface area contributed by atoms with Crippen molar-refractivity contribution in [1.29, 1.82) is 0 Å². The molecule has 1 atom stereocenters. The first-order valence-electron chi connectivity index (χ1n) is 10.0. The first-order chi connectivity index (χ1) is 15.8. The smallest absolute Gasteiger partial charge is 0.326 e. The summed E-state index contributed by atoms with van der Waals surface area (Å²) in [5.41, 5.74) is 2.04. The lowest BCUT2D eigenvalue weighted by Gasteiger charge is -2.14. The number of benzene rings is 3.